The van der Waals surface area contributed by atoms with E-state index in [1.165, 1.54) is 0 Å². The second-order valence-corrected chi connectivity index (χ2v) is 3.04. The smallest absolute Gasteiger partial charge is 0.162 e. The molecule has 1 heterocycles. The molecular weight excluding hydrogens is 188 g/mol. The number of anilines is 1. The van der Waals surface area contributed by atoms with E-state index in [1.807, 2.05) is 42.5 Å². The Morgan fingerprint density at radius 3 is 2.33 bits per heavy atom. The molecule has 76 valence electrons. The molecular formula is C11H12N4. The third-order valence-corrected chi connectivity index (χ3v) is 1.99. The van der Waals surface area contributed by atoms with Crippen LogP contribution in [0, 0.1) is 0 Å². The van der Waals surface area contributed by atoms with E-state index in [1.54, 1.807) is 7.05 Å². The molecule has 0 saturated carbocycles. The van der Waals surface area contributed by atoms with Gasteiger partial charge in [-0.1, -0.05) is 30.3 Å². The molecule has 0 aliphatic rings. The van der Waals surface area contributed by atoms with Crippen molar-refractivity contribution in [2.75, 3.05) is 12.5 Å². The number of aromatic nitrogens is 2. The molecule has 0 aliphatic heterocycles. The van der Waals surface area contributed by atoms with Crippen LogP contribution in [0.5, 0.6) is 0 Å². The first-order valence-corrected chi connectivity index (χ1v) is 4.72. The SMILES string of the molecule is CNNc1ccc(-c2ccccc2)nn1. The predicted octanol–water partition coefficient (Wildman–Crippen LogP) is 1.69. The minimum absolute atomic E-state index is 0.706. The summed E-state index contributed by atoms with van der Waals surface area (Å²) in [5.74, 6) is 0.706. The number of rotatable bonds is 3. The van der Waals surface area contributed by atoms with Crippen LogP contribution in [0.1, 0.15) is 0 Å². The Morgan fingerprint density at radius 2 is 1.73 bits per heavy atom. The average Bonchev–Trinajstić information content (AvgIpc) is 2.32. The molecule has 0 radical (unpaired) electrons. The van der Waals surface area contributed by atoms with Crippen molar-refractivity contribution >= 4 is 5.82 Å². The van der Waals surface area contributed by atoms with E-state index in [4.69, 9.17) is 0 Å². The number of hydrogen-bond donors (Lipinski definition) is 2. The molecule has 0 fully saturated rings. The van der Waals surface area contributed by atoms with Gasteiger partial charge in [0.05, 0.1) is 5.69 Å². The highest BCUT2D eigenvalue weighted by molar-refractivity contribution is 5.59. The van der Waals surface area contributed by atoms with Crippen LogP contribution in [-0.4, -0.2) is 17.2 Å². The second-order valence-electron chi connectivity index (χ2n) is 3.04. The highest BCUT2D eigenvalue weighted by Gasteiger charge is 1.98. The Labute approximate surface area is 88.3 Å². The molecule has 0 spiro atoms. The lowest BCUT2D eigenvalue weighted by molar-refractivity contribution is 0.931. The first kappa shape index (κ1) is 9.61. The summed E-state index contributed by atoms with van der Waals surface area (Å²) < 4.78 is 0. The van der Waals surface area contributed by atoms with Crippen LogP contribution in [-0.2, 0) is 0 Å². The Hall–Kier alpha value is -1.94. The van der Waals surface area contributed by atoms with Crippen molar-refractivity contribution in [3.05, 3.63) is 42.5 Å². The molecule has 0 amide bonds. The van der Waals surface area contributed by atoms with Gasteiger partial charge in [-0.25, -0.2) is 5.43 Å². The molecule has 0 unspecified atom stereocenters. The zero-order valence-corrected chi connectivity index (χ0v) is 8.44. The number of nitrogens with zero attached hydrogens (tertiary/aromatic N) is 2. The topological polar surface area (TPSA) is 49.8 Å². The Bertz CT molecular complexity index is 410. The maximum Gasteiger partial charge on any atom is 0.162 e. The van der Waals surface area contributed by atoms with Crippen molar-refractivity contribution in [3.8, 4) is 11.3 Å². The molecule has 1 aromatic carbocycles. The van der Waals surface area contributed by atoms with Crippen molar-refractivity contribution in [1.82, 2.24) is 15.6 Å². The van der Waals surface area contributed by atoms with Crippen LogP contribution in [0.4, 0.5) is 5.82 Å². The lowest BCUT2D eigenvalue weighted by atomic mass is 10.1. The maximum absolute atomic E-state index is 4.12. The van der Waals surface area contributed by atoms with Gasteiger partial charge >= 0.3 is 0 Å². The van der Waals surface area contributed by atoms with Crippen molar-refractivity contribution in [1.29, 1.82) is 0 Å². The normalized spacial score (nSPS) is 9.93. The zero-order valence-electron chi connectivity index (χ0n) is 8.44. The largest absolute Gasteiger partial charge is 0.305 e. The van der Waals surface area contributed by atoms with Gasteiger partial charge in [0, 0.05) is 12.6 Å². The summed E-state index contributed by atoms with van der Waals surface area (Å²) in [6.07, 6.45) is 0. The first-order chi connectivity index (χ1) is 7.40. The second kappa shape index (κ2) is 4.52. The number of hydrogen-bond acceptors (Lipinski definition) is 4. The molecule has 2 aromatic rings. The molecule has 0 bridgehead atoms. The molecule has 15 heavy (non-hydrogen) atoms. The van der Waals surface area contributed by atoms with Crippen LogP contribution in [0.25, 0.3) is 11.3 Å². The van der Waals surface area contributed by atoms with Gasteiger partial charge in [-0.15, -0.1) is 10.2 Å². The summed E-state index contributed by atoms with van der Waals surface area (Å²) in [5, 5.41) is 8.14. The fourth-order valence-electron chi connectivity index (χ4n) is 1.29. The summed E-state index contributed by atoms with van der Waals surface area (Å²) in [5.41, 5.74) is 7.60. The fraction of sp³-hybridized carbons (Fsp3) is 0.0909. The number of nitrogens with one attached hydrogen (secondary N) is 2. The van der Waals surface area contributed by atoms with Gasteiger partial charge in [-0.3, -0.25) is 0 Å². The quantitative estimate of drug-likeness (QED) is 0.740. The molecule has 2 N–H and O–H groups in total. The van der Waals surface area contributed by atoms with Crippen LogP contribution in [0.2, 0.25) is 0 Å². The van der Waals surface area contributed by atoms with Gasteiger partial charge in [-0.05, 0) is 12.1 Å². The molecule has 0 aliphatic carbocycles. The maximum atomic E-state index is 4.12. The molecule has 4 nitrogen and oxygen atoms in total. The van der Waals surface area contributed by atoms with Gasteiger partial charge in [0.15, 0.2) is 5.82 Å². The van der Waals surface area contributed by atoms with E-state index in [-0.39, 0.29) is 0 Å². The number of hydrazine groups is 1. The van der Waals surface area contributed by atoms with Crippen LogP contribution in [0.15, 0.2) is 42.5 Å². The van der Waals surface area contributed by atoms with Gasteiger partial charge in [-0.2, -0.15) is 0 Å². The summed E-state index contributed by atoms with van der Waals surface area (Å²) >= 11 is 0. The Morgan fingerprint density at radius 1 is 0.933 bits per heavy atom. The van der Waals surface area contributed by atoms with Gasteiger partial charge in [0.25, 0.3) is 0 Å². The van der Waals surface area contributed by atoms with Gasteiger partial charge in [0.1, 0.15) is 0 Å². The van der Waals surface area contributed by atoms with Crippen molar-refractivity contribution in [2.45, 2.75) is 0 Å². The van der Waals surface area contributed by atoms with Crippen LogP contribution >= 0.6 is 0 Å². The van der Waals surface area contributed by atoms with Gasteiger partial charge < -0.3 is 5.43 Å². The minimum atomic E-state index is 0.706. The lowest BCUT2D eigenvalue weighted by Gasteiger charge is -2.03. The van der Waals surface area contributed by atoms with E-state index in [0.29, 0.717) is 5.82 Å². The number of benzene rings is 1. The Balaban J connectivity index is 2.24. The highest BCUT2D eigenvalue weighted by atomic mass is 15.4. The zero-order chi connectivity index (χ0) is 10.5. The van der Waals surface area contributed by atoms with Crippen LogP contribution < -0.4 is 10.9 Å². The van der Waals surface area contributed by atoms with E-state index in [9.17, 15) is 0 Å². The monoisotopic (exact) mass is 200 g/mol. The highest BCUT2D eigenvalue weighted by Crippen LogP contribution is 2.15. The van der Waals surface area contributed by atoms with E-state index >= 15 is 0 Å². The molecule has 1 aromatic heterocycles. The molecule has 0 saturated heterocycles. The molecule has 4 heteroatoms. The summed E-state index contributed by atoms with van der Waals surface area (Å²) in [6.45, 7) is 0. The summed E-state index contributed by atoms with van der Waals surface area (Å²) in [7, 11) is 1.78. The summed E-state index contributed by atoms with van der Waals surface area (Å²) in [6, 6.07) is 13.8. The lowest BCUT2D eigenvalue weighted by Crippen LogP contribution is -2.16. The van der Waals surface area contributed by atoms with E-state index in [2.05, 4.69) is 21.0 Å². The fourth-order valence-corrected chi connectivity index (χ4v) is 1.29. The standard InChI is InChI=1S/C11H12N4/c1-12-14-11-8-7-10(13-15-11)9-5-3-2-4-6-9/h2-8,12H,1H3,(H,14,15). The first-order valence-electron chi connectivity index (χ1n) is 4.72. The third-order valence-electron chi connectivity index (χ3n) is 1.99. The molecule has 0 atom stereocenters. The Kier molecular flexibility index (Phi) is 2.90. The van der Waals surface area contributed by atoms with Crippen molar-refractivity contribution in [2.24, 2.45) is 0 Å². The summed E-state index contributed by atoms with van der Waals surface area (Å²) in [4.78, 5) is 0. The molecule has 2 rings (SSSR count). The van der Waals surface area contributed by atoms with E-state index < -0.39 is 0 Å². The van der Waals surface area contributed by atoms with Crippen molar-refractivity contribution < 1.29 is 0 Å². The average molecular weight is 200 g/mol. The minimum Gasteiger partial charge on any atom is -0.305 e. The van der Waals surface area contributed by atoms with Gasteiger partial charge in [0.2, 0.25) is 0 Å². The van der Waals surface area contributed by atoms with Crippen LogP contribution in [0.3, 0.4) is 0 Å². The van der Waals surface area contributed by atoms with Crippen molar-refractivity contribution in [3.63, 3.8) is 0 Å². The van der Waals surface area contributed by atoms with E-state index in [0.717, 1.165) is 11.3 Å². The third kappa shape index (κ3) is 2.30. The predicted molar refractivity (Wildman–Crippen MR) is 60.2 cm³/mol.